The van der Waals surface area contributed by atoms with Crippen LogP contribution in [0.15, 0.2) is 24.3 Å². The van der Waals surface area contributed by atoms with Crippen LogP contribution in [-0.2, 0) is 23.8 Å². The maximum atomic E-state index is 12.8. The van der Waals surface area contributed by atoms with Crippen LogP contribution in [0.3, 0.4) is 0 Å². The fraction of sp³-hybridized carbons (Fsp3) is 0.312. The van der Waals surface area contributed by atoms with Gasteiger partial charge in [-0.25, -0.2) is 0 Å². The Bertz CT molecular complexity index is 778. The van der Waals surface area contributed by atoms with Crippen molar-refractivity contribution in [1.82, 2.24) is 0 Å². The molecule has 0 bridgehead atoms. The minimum Gasteiger partial charge on any atom is -0.312 e. The van der Waals surface area contributed by atoms with Crippen LogP contribution in [-0.4, -0.2) is 12.5 Å². The third-order valence-electron chi connectivity index (χ3n) is 4.18. The van der Waals surface area contributed by atoms with Crippen LogP contribution in [0.5, 0.6) is 0 Å². The summed E-state index contributed by atoms with van der Waals surface area (Å²) in [4.78, 5) is 13.8. The lowest BCUT2D eigenvalue weighted by molar-refractivity contribution is -0.134. The Hall–Kier alpha value is -1.82. The van der Waals surface area contributed by atoms with Gasteiger partial charge in [0, 0.05) is 11.4 Å². The summed E-state index contributed by atoms with van der Waals surface area (Å²) >= 11 is 0.754. The Balaban J connectivity index is 1.80. The van der Waals surface area contributed by atoms with Crippen molar-refractivity contribution in [2.45, 2.75) is 25.4 Å². The van der Waals surface area contributed by atoms with Crippen LogP contribution in [0.4, 0.5) is 18.9 Å². The first-order valence-electron chi connectivity index (χ1n) is 7.07. The molecule has 0 atom stereocenters. The van der Waals surface area contributed by atoms with Gasteiger partial charge in [0.2, 0.25) is 5.91 Å². The van der Waals surface area contributed by atoms with Gasteiger partial charge in [0.05, 0.1) is 12.1 Å². The van der Waals surface area contributed by atoms with E-state index in [1.54, 1.807) is 0 Å². The number of alkyl halides is 3. The smallest absolute Gasteiger partial charge is 0.312 e. The average Bonchev–Trinajstić information content (AvgIpc) is 3.06. The molecular weight excluding hydrogens is 311 g/mol. The summed E-state index contributed by atoms with van der Waals surface area (Å²) in [5.74, 6) is 0.0928. The largest absolute Gasteiger partial charge is 0.425 e. The van der Waals surface area contributed by atoms with Gasteiger partial charge in [-0.3, -0.25) is 4.79 Å². The van der Waals surface area contributed by atoms with Gasteiger partial charge in [0.15, 0.2) is 0 Å². The summed E-state index contributed by atoms with van der Waals surface area (Å²) in [5.41, 5.74) is 3.80. The lowest BCUT2D eigenvalue weighted by Gasteiger charge is -2.25. The van der Waals surface area contributed by atoms with E-state index < -0.39 is 11.1 Å². The highest BCUT2D eigenvalue weighted by Gasteiger charge is 2.34. The molecule has 1 aromatic heterocycles. The van der Waals surface area contributed by atoms with E-state index in [9.17, 15) is 18.0 Å². The number of carbonyl (C=O) groups is 1. The molecule has 0 saturated carbocycles. The number of halogens is 3. The molecule has 2 aromatic rings. The first-order valence-corrected chi connectivity index (χ1v) is 7.89. The standard InChI is InChI=1S/C16H12F3NOS/c17-16(18,19)13-4-3-12(22-13)10-6-9-2-1-5-20-14(21)8-11(7-10)15(9)20/h3-4,6-7H,1-2,5,8H2. The Morgan fingerprint density at radius 3 is 2.64 bits per heavy atom. The molecule has 1 amide bonds. The van der Waals surface area contributed by atoms with E-state index >= 15 is 0 Å². The van der Waals surface area contributed by atoms with Crippen molar-refractivity contribution in [3.63, 3.8) is 0 Å². The van der Waals surface area contributed by atoms with E-state index in [-0.39, 0.29) is 5.91 Å². The van der Waals surface area contributed by atoms with Crippen molar-refractivity contribution in [2.24, 2.45) is 0 Å². The van der Waals surface area contributed by atoms with Crippen molar-refractivity contribution in [3.05, 3.63) is 40.3 Å². The number of hydrogen-bond acceptors (Lipinski definition) is 2. The third-order valence-corrected chi connectivity index (χ3v) is 5.36. The zero-order valence-electron chi connectivity index (χ0n) is 11.5. The normalized spacial score (nSPS) is 17.0. The SMILES string of the molecule is O=C1Cc2cc(-c3ccc(C(F)(F)F)s3)cc3c2N1CCC3. The molecule has 0 saturated heterocycles. The van der Waals surface area contributed by atoms with Crippen molar-refractivity contribution in [3.8, 4) is 10.4 Å². The number of aryl methyl sites for hydroxylation is 1. The molecule has 114 valence electrons. The molecular formula is C16H12F3NOS. The molecule has 0 radical (unpaired) electrons. The summed E-state index contributed by atoms with van der Waals surface area (Å²) in [6.45, 7) is 0.745. The number of amides is 1. The van der Waals surface area contributed by atoms with Gasteiger partial charge in [-0.15, -0.1) is 11.3 Å². The van der Waals surface area contributed by atoms with Crippen molar-refractivity contribution >= 4 is 22.9 Å². The number of thiophene rings is 1. The Morgan fingerprint density at radius 1 is 1.14 bits per heavy atom. The maximum absolute atomic E-state index is 12.8. The van der Waals surface area contributed by atoms with E-state index in [0.29, 0.717) is 11.3 Å². The predicted octanol–water partition coefficient (Wildman–Crippen LogP) is 4.27. The predicted molar refractivity (Wildman–Crippen MR) is 79.1 cm³/mol. The van der Waals surface area contributed by atoms with Gasteiger partial charge in [-0.05, 0) is 53.8 Å². The lowest BCUT2D eigenvalue weighted by atomic mass is 9.96. The van der Waals surface area contributed by atoms with Crippen LogP contribution >= 0.6 is 11.3 Å². The molecule has 0 fully saturated rings. The van der Waals surface area contributed by atoms with Crippen molar-refractivity contribution in [2.75, 3.05) is 11.4 Å². The van der Waals surface area contributed by atoms with Gasteiger partial charge >= 0.3 is 6.18 Å². The second kappa shape index (κ2) is 4.59. The first-order chi connectivity index (χ1) is 10.4. The van der Waals surface area contributed by atoms with Gasteiger partial charge in [-0.2, -0.15) is 13.2 Å². The molecule has 2 aliphatic heterocycles. The van der Waals surface area contributed by atoms with Crippen molar-refractivity contribution < 1.29 is 18.0 Å². The van der Waals surface area contributed by atoms with Crippen LogP contribution in [0.2, 0.25) is 0 Å². The highest BCUT2D eigenvalue weighted by molar-refractivity contribution is 7.15. The molecule has 22 heavy (non-hydrogen) atoms. The van der Waals surface area contributed by atoms with E-state index in [1.165, 1.54) is 6.07 Å². The fourth-order valence-electron chi connectivity index (χ4n) is 3.27. The molecule has 6 heteroatoms. The fourth-order valence-corrected chi connectivity index (χ4v) is 4.13. The Morgan fingerprint density at radius 2 is 1.91 bits per heavy atom. The number of hydrogen-bond donors (Lipinski definition) is 0. The number of rotatable bonds is 1. The highest BCUT2D eigenvalue weighted by atomic mass is 32.1. The number of benzene rings is 1. The molecule has 0 N–H and O–H groups in total. The summed E-state index contributed by atoms with van der Waals surface area (Å²) in [6.07, 6.45) is -2.17. The van der Waals surface area contributed by atoms with E-state index in [2.05, 4.69) is 0 Å². The molecule has 0 aliphatic carbocycles. The maximum Gasteiger partial charge on any atom is 0.425 e. The molecule has 0 unspecified atom stereocenters. The lowest BCUT2D eigenvalue weighted by Crippen LogP contribution is -2.31. The Kier molecular flexibility index (Phi) is 2.88. The number of nitrogens with zero attached hydrogens (tertiary/aromatic N) is 1. The van der Waals surface area contributed by atoms with E-state index in [0.717, 1.165) is 59.2 Å². The zero-order chi connectivity index (χ0) is 15.5. The van der Waals surface area contributed by atoms with Gasteiger partial charge in [-0.1, -0.05) is 0 Å². The molecule has 3 heterocycles. The second-order valence-electron chi connectivity index (χ2n) is 5.63. The third kappa shape index (κ3) is 2.05. The van der Waals surface area contributed by atoms with E-state index in [1.807, 2.05) is 17.0 Å². The van der Waals surface area contributed by atoms with Crippen LogP contribution in [0.25, 0.3) is 10.4 Å². The molecule has 1 aromatic carbocycles. The van der Waals surface area contributed by atoms with Crippen molar-refractivity contribution in [1.29, 1.82) is 0 Å². The molecule has 4 rings (SSSR count). The topological polar surface area (TPSA) is 20.3 Å². The highest BCUT2D eigenvalue weighted by Crippen LogP contribution is 2.43. The van der Waals surface area contributed by atoms with Crippen LogP contribution in [0.1, 0.15) is 22.4 Å². The van der Waals surface area contributed by atoms with Crippen LogP contribution < -0.4 is 4.90 Å². The summed E-state index contributed by atoms with van der Waals surface area (Å²) in [7, 11) is 0. The second-order valence-corrected chi connectivity index (χ2v) is 6.71. The minimum absolute atomic E-state index is 0.0928. The Labute approximate surface area is 129 Å². The average molecular weight is 323 g/mol. The van der Waals surface area contributed by atoms with Crippen LogP contribution in [0, 0.1) is 0 Å². The zero-order valence-corrected chi connectivity index (χ0v) is 12.4. The molecule has 2 aliphatic rings. The number of anilines is 1. The molecule has 2 nitrogen and oxygen atoms in total. The summed E-state index contributed by atoms with van der Waals surface area (Å²) in [5, 5.41) is 0. The van der Waals surface area contributed by atoms with Gasteiger partial charge in [0.25, 0.3) is 0 Å². The quantitative estimate of drug-likeness (QED) is 0.767. The van der Waals surface area contributed by atoms with Gasteiger partial charge < -0.3 is 4.90 Å². The first kappa shape index (κ1) is 13.8. The number of carbonyl (C=O) groups excluding carboxylic acids is 1. The summed E-state index contributed by atoms with van der Waals surface area (Å²) < 4.78 is 38.3. The molecule has 0 spiro atoms. The van der Waals surface area contributed by atoms with Gasteiger partial charge in [0.1, 0.15) is 4.88 Å². The van der Waals surface area contributed by atoms with E-state index in [4.69, 9.17) is 0 Å². The monoisotopic (exact) mass is 323 g/mol. The summed E-state index contributed by atoms with van der Waals surface area (Å²) in [6, 6.07) is 6.44. The minimum atomic E-state index is -4.30.